The van der Waals surface area contributed by atoms with Gasteiger partial charge in [-0.3, -0.25) is 4.79 Å². The van der Waals surface area contributed by atoms with Gasteiger partial charge < -0.3 is 15.5 Å². The van der Waals surface area contributed by atoms with E-state index in [0.717, 1.165) is 31.0 Å². The average molecular weight is 271 g/mol. The lowest BCUT2D eigenvalue weighted by atomic mass is 9.99. The summed E-state index contributed by atoms with van der Waals surface area (Å²) in [7, 11) is 0. The van der Waals surface area contributed by atoms with Gasteiger partial charge in [0.05, 0.1) is 12.5 Å². The van der Waals surface area contributed by atoms with Gasteiger partial charge in [-0.05, 0) is 31.0 Å². The molecule has 1 aliphatic carbocycles. The third kappa shape index (κ3) is 3.71. The van der Waals surface area contributed by atoms with Gasteiger partial charge in [-0.1, -0.05) is 0 Å². The molecule has 2 rings (SSSR count). The number of benzene rings is 1. The molecule has 4 nitrogen and oxygen atoms in total. The quantitative estimate of drug-likeness (QED) is 0.735. The summed E-state index contributed by atoms with van der Waals surface area (Å²) >= 11 is 0. The van der Waals surface area contributed by atoms with Gasteiger partial charge >= 0.3 is 5.97 Å². The average Bonchev–Trinajstić information content (AvgIpc) is 3.14. The minimum absolute atomic E-state index is 0.149. The summed E-state index contributed by atoms with van der Waals surface area (Å²) in [5, 5.41) is 21.8. The number of halogens is 2. The zero-order valence-corrected chi connectivity index (χ0v) is 10.1. The lowest BCUT2D eigenvalue weighted by Crippen LogP contribution is -2.38. The summed E-state index contributed by atoms with van der Waals surface area (Å²) < 4.78 is 26.7. The van der Waals surface area contributed by atoms with Crippen LogP contribution in [0.4, 0.5) is 8.78 Å². The van der Waals surface area contributed by atoms with Crippen LogP contribution in [0.25, 0.3) is 0 Å². The van der Waals surface area contributed by atoms with E-state index < -0.39 is 29.7 Å². The van der Waals surface area contributed by atoms with Crippen molar-refractivity contribution < 1.29 is 23.8 Å². The highest BCUT2D eigenvalue weighted by atomic mass is 19.1. The first-order valence-electron chi connectivity index (χ1n) is 6.08. The number of aliphatic hydroxyl groups excluding tert-OH is 1. The molecule has 6 heteroatoms. The highest BCUT2D eigenvalue weighted by Gasteiger charge is 2.31. The van der Waals surface area contributed by atoms with Crippen LogP contribution >= 0.6 is 0 Å². The molecule has 1 aromatic carbocycles. The molecule has 3 N–H and O–H groups in total. The second-order valence-electron chi connectivity index (χ2n) is 4.76. The van der Waals surface area contributed by atoms with Crippen molar-refractivity contribution >= 4 is 5.97 Å². The Morgan fingerprint density at radius 2 is 2.11 bits per heavy atom. The molecule has 0 aliphatic heterocycles. The molecule has 0 bridgehead atoms. The molecule has 1 aromatic rings. The maximum absolute atomic E-state index is 13.6. The van der Waals surface area contributed by atoms with Crippen molar-refractivity contribution in [1.82, 2.24) is 5.32 Å². The van der Waals surface area contributed by atoms with Crippen molar-refractivity contribution in [2.75, 3.05) is 0 Å². The van der Waals surface area contributed by atoms with Crippen molar-refractivity contribution in [3.05, 3.63) is 35.4 Å². The van der Waals surface area contributed by atoms with E-state index >= 15 is 0 Å². The SMILES string of the molecule is O=C(O)CC(NC1CC1)C(O)c1cc(F)ccc1F. The highest BCUT2D eigenvalue weighted by molar-refractivity contribution is 5.67. The van der Waals surface area contributed by atoms with Gasteiger partial charge in [0.2, 0.25) is 0 Å². The fourth-order valence-corrected chi connectivity index (χ4v) is 1.96. The van der Waals surface area contributed by atoms with Gasteiger partial charge in [0.15, 0.2) is 0 Å². The minimum atomic E-state index is -1.40. The summed E-state index contributed by atoms with van der Waals surface area (Å²) in [5.74, 6) is -2.52. The van der Waals surface area contributed by atoms with Gasteiger partial charge in [0.1, 0.15) is 11.6 Å². The van der Waals surface area contributed by atoms with Crippen LogP contribution in [0.15, 0.2) is 18.2 Å². The number of carboxylic acids is 1. The molecule has 0 amide bonds. The van der Waals surface area contributed by atoms with E-state index in [1.165, 1.54) is 0 Å². The van der Waals surface area contributed by atoms with E-state index in [0.29, 0.717) is 0 Å². The third-order valence-corrected chi connectivity index (χ3v) is 3.08. The number of rotatable bonds is 6. The van der Waals surface area contributed by atoms with Crippen LogP contribution in [-0.4, -0.2) is 28.3 Å². The molecule has 0 heterocycles. The fourth-order valence-electron chi connectivity index (χ4n) is 1.96. The number of nitrogens with one attached hydrogen (secondary N) is 1. The summed E-state index contributed by atoms with van der Waals surface area (Å²) in [6, 6.07) is 2.08. The first kappa shape index (κ1) is 13.9. The molecular formula is C13H15F2NO3. The Morgan fingerprint density at radius 1 is 1.42 bits per heavy atom. The zero-order valence-electron chi connectivity index (χ0n) is 10.1. The fraction of sp³-hybridized carbons (Fsp3) is 0.462. The number of carboxylic acid groups (broad SMARTS) is 1. The minimum Gasteiger partial charge on any atom is -0.481 e. The maximum atomic E-state index is 13.6. The van der Waals surface area contributed by atoms with E-state index in [4.69, 9.17) is 5.11 Å². The van der Waals surface area contributed by atoms with E-state index in [1.807, 2.05) is 0 Å². The normalized spacial score (nSPS) is 18.1. The van der Waals surface area contributed by atoms with Crippen LogP contribution in [0.2, 0.25) is 0 Å². The van der Waals surface area contributed by atoms with Gasteiger partial charge in [-0.25, -0.2) is 8.78 Å². The van der Waals surface area contributed by atoms with Crippen molar-refractivity contribution in [3.63, 3.8) is 0 Å². The second kappa shape index (κ2) is 5.63. The van der Waals surface area contributed by atoms with Crippen LogP contribution in [0.5, 0.6) is 0 Å². The van der Waals surface area contributed by atoms with E-state index in [2.05, 4.69) is 5.32 Å². The maximum Gasteiger partial charge on any atom is 0.305 e. The molecule has 0 radical (unpaired) electrons. The summed E-state index contributed by atoms with van der Waals surface area (Å²) in [4.78, 5) is 10.8. The van der Waals surface area contributed by atoms with Gasteiger partial charge in [0.25, 0.3) is 0 Å². The van der Waals surface area contributed by atoms with Crippen LogP contribution in [0, 0.1) is 11.6 Å². The standard InChI is InChI=1S/C13H15F2NO3/c14-7-1-4-10(15)9(5-7)13(19)11(6-12(17)18)16-8-2-3-8/h1,4-5,8,11,13,16,19H,2-3,6H2,(H,17,18). The Labute approximate surface area is 109 Å². The smallest absolute Gasteiger partial charge is 0.305 e. The lowest BCUT2D eigenvalue weighted by Gasteiger charge is -2.23. The number of hydrogen-bond acceptors (Lipinski definition) is 3. The van der Waals surface area contributed by atoms with Gasteiger partial charge in [-0.15, -0.1) is 0 Å². The molecule has 2 unspecified atom stereocenters. The topological polar surface area (TPSA) is 69.6 Å². The first-order valence-corrected chi connectivity index (χ1v) is 6.08. The molecule has 104 valence electrons. The Kier molecular flexibility index (Phi) is 4.11. The Morgan fingerprint density at radius 3 is 2.68 bits per heavy atom. The molecule has 1 saturated carbocycles. The second-order valence-corrected chi connectivity index (χ2v) is 4.76. The molecule has 1 aliphatic rings. The van der Waals surface area contributed by atoms with E-state index in [1.54, 1.807) is 0 Å². The predicted molar refractivity (Wildman–Crippen MR) is 63.5 cm³/mol. The van der Waals surface area contributed by atoms with Crippen molar-refractivity contribution in [1.29, 1.82) is 0 Å². The Hall–Kier alpha value is -1.53. The lowest BCUT2D eigenvalue weighted by molar-refractivity contribution is -0.138. The van der Waals surface area contributed by atoms with Crippen molar-refractivity contribution in [3.8, 4) is 0 Å². The first-order chi connectivity index (χ1) is 8.97. The Balaban J connectivity index is 2.18. The largest absolute Gasteiger partial charge is 0.481 e. The van der Waals surface area contributed by atoms with Crippen molar-refractivity contribution in [2.24, 2.45) is 0 Å². The van der Waals surface area contributed by atoms with Gasteiger partial charge in [-0.2, -0.15) is 0 Å². The molecule has 0 aromatic heterocycles. The number of hydrogen-bond donors (Lipinski definition) is 3. The number of aliphatic hydroxyl groups is 1. The third-order valence-electron chi connectivity index (χ3n) is 3.08. The Bertz CT molecular complexity index is 477. The molecule has 1 fully saturated rings. The van der Waals surface area contributed by atoms with Crippen LogP contribution < -0.4 is 5.32 Å². The molecule has 0 saturated heterocycles. The van der Waals surface area contributed by atoms with Crippen LogP contribution in [-0.2, 0) is 4.79 Å². The van der Waals surface area contributed by atoms with E-state index in [9.17, 15) is 18.7 Å². The molecule has 0 spiro atoms. The number of carbonyl (C=O) groups is 1. The molecule has 2 atom stereocenters. The zero-order chi connectivity index (χ0) is 14.0. The summed E-state index contributed by atoms with van der Waals surface area (Å²) in [6.07, 6.45) is 0.0451. The van der Waals surface area contributed by atoms with Crippen LogP contribution in [0.1, 0.15) is 30.9 Å². The molecule has 19 heavy (non-hydrogen) atoms. The van der Waals surface area contributed by atoms with E-state index in [-0.39, 0.29) is 18.0 Å². The summed E-state index contributed by atoms with van der Waals surface area (Å²) in [6.45, 7) is 0. The monoisotopic (exact) mass is 271 g/mol. The van der Waals surface area contributed by atoms with Crippen LogP contribution in [0.3, 0.4) is 0 Å². The molecular weight excluding hydrogens is 256 g/mol. The predicted octanol–water partition coefficient (Wildman–Crippen LogP) is 1.59. The number of aliphatic carboxylic acids is 1. The van der Waals surface area contributed by atoms with Crippen molar-refractivity contribution in [2.45, 2.75) is 37.5 Å². The summed E-state index contributed by atoms with van der Waals surface area (Å²) in [5.41, 5.74) is -0.223. The highest BCUT2D eigenvalue weighted by Crippen LogP contribution is 2.27. The van der Waals surface area contributed by atoms with Gasteiger partial charge in [0, 0.05) is 17.6 Å².